The quantitative estimate of drug-likeness (QED) is 0.412. The van der Waals surface area contributed by atoms with Gasteiger partial charge in [0.2, 0.25) is 0 Å². The third-order valence-corrected chi connectivity index (χ3v) is 7.07. The van der Waals surface area contributed by atoms with Crippen molar-refractivity contribution in [3.63, 3.8) is 0 Å². The number of anilines is 1. The van der Waals surface area contributed by atoms with E-state index in [0.717, 1.165) is 22.4 Å². The normalized spacial score (nSPS) is 11.3. The van der Waals surface area contributed by atoms with Gasteiger partial charge in [0.15, 0.2) is 0 Å². The monoisotopic (exact) mass is 474 g/mol. The molecule has 3 aromatic carbocycles. The van der Waals surface area contributed by atoms with E-state index in [1.54, 1.807) is 37.6 Å². The van der Waals surface area contributed by atoms with E-state index in [9.17, 15) is 13.2 Å². The predicted molar refractivity (Wildman–Crippen MR) is 133 cm³/mol. The molecule has 0 atom stereocenters. The highest BCUT2D eigenvalue weighted by molar-refractivity contribution is 7.92. The van der Waals surface area contributed by atoms with Gasteiger partial charge in [0.25, 0.3) is 15.9 Å². The third-order valence-electron chi connectivity index (χ3n) is 5.56. The molecule has 1 heterocycles. The average molecular weight is 475 g/mol. The Bertz CT molecular complexity index is 1430. The van der Waals surface area contributed by atoms with Crippen LogP contribution >= 0.6 is 0 Å². The smallest absolute Gasteiger partial charge is 0.262 e. The molecule has 0 bridgehead atoms. The molecule has 4 rings (SSSR count). The molecule has 34 heavy (non-hydrogen) atoms. The van der Waals surface area contributed by atoms with Crippen LogP contribution in [0.4, 0.5) is 5.69 Å². The molecule has 0 radical (unpaired) electrons. The van der Waals surface area contributed by atoms with E-state index in [4.69, 9.17) is 0 Å². The Hall–Kier alpha value is -3.91. The standard InChI is InChI=1S/C26H26N4O3S/c1-18-4-11-24(20(3)14-18)29-34(32,33)25-15-22(8-5-19(25)2)26(31)28-16-21-6-9-23(10-7-21)30-13-12-27-17-30/h4-15,17,29H,16H2,1-3H3,(H,28,31). The first kappa shape index (κ1) is 23.3. The zero-order valence-corrected chi connectivity index (χ0v) is 20.1. The number of carbonyl (C=O) groups is 1. The lowest BCUT2D eigenvalue weighted by Gasteiger charge is -2.14. The number of hydrogen-bond acceptors (Lipinski definition) is 4. The fraction of sp³-hybridized carbons (Fsp3) is 0.154. The Labute approximate surface area is 199 Å². The molecule has 4 aromatic rings. The molecule has 0 fully saturated rings. The number of aryl methyl sites for hydroxylation is 3. The lowest BCUT2D eigenvalue weighted by atomic mass is 10.1. The van der Waals surface area contributed by atoms with Gasteiger partial charge in [-0.1, -0.05) is 35.9 Å². The largest absolute Gasteiger partial charge is 0.348 e. The van der Waals surface area contributed by atoms with Gasteiger partial charge in [0.1, 0.15) is 0 Å². The molecule has 0 saturated heterocycles. The number of imidazole rings is 1. The number of aromatic nitrogens is 2. The summed E-state index contributed by atoms with van der Waals surface area (Å²) in [6.07, 6.45) is 5.28. The van der Waals surface area contributed by atoms with Crippen LogP contribution in [-0.2, 0) is 16.6 Å². The molecule has 174 valence electrons. The number of amides is 1. The lowest BCUT2D eigenvalue weighted by molar-refractivity contribution is 0.0950. The van der Waals surface area contributed by atoms with Crippen molar-refractivity contribution < 1.29 is 13.2 Å². The molecule has 2 N–H and O–H groups in total. The van der Waals surface area contributed by atoms with Gasteiger partial charge in [-0.3, -0.25) is 9.52 Å². The van der Waals surface area contributed by atoms with E-state index >= 15 is 0 Å². The number of hydrogen-bond donors (Lipinski definition) is 2. The van der Waals surface area contributed by atoms with Crippen LogP contribution in [0.1, 0.15) is 32.6 Å². The Morgan fingerprint density at radius 3 is 2.38 bits per heavy atom. The summed E-state index contributed by atoms with van der Waals surface area (Å²) in [6.45, 7) is 5.83. The molecular weight excluding hydrogens is 448 g/mol. The molecule has 0 unspecified atom stereocenters. The second-order valence-corrected chi connectivity index (χ2v) is 9.87. The van der Waals surface area contributed by atoms with Crippen LogP contribution < -0.4 is 10.0 Å². The number of carbonyl (C=O) groups excluding carboxylic acids is 1. The fourth-order valence-corrected chi connectivity index (χ4v) is 5.04. The van der Waals surface area contributed by atoms with Gasteiger partial charge in [0, 0.05) is 30.2 Å². The van der Waals surface area contributed by atoms with Crippen molar-refractivity contribution in [1.29, 1.82) is 0 Å². The number of benzene rings is 3. The Morgan fingerprint density at radius 1 is 0.941 bits per heavy atom. The van der Waals surface area contributed by atoms with Crippen molar-refractivity contribution in [3.05, 3.63) is 107 Å². The summed E-state index contributed by atoms with van der Waals surface area (Å²) in [6, 6.07) is 17.9. The summed E-state index contributed by atoms with van der Waals surface area (Å²) in [5.74, 6) is -0.346. The highest BCUT2D eigenvalue weighted by Crippen LogP contribution is 2.23. The summed E-state index contributed by atoms with van der Waals surface area (Å²) in [5.41, 5.74) is 5.12. The van der Waals surface area contributed by atoms with Crippen LogP contribution in [0.3, 0.4) is 0 Å². The van der Waals surface area contributed by atoms with Gasteiger partial charge >= 0.3 is 0 Å². The van der Waals surface area contributed by atoms with Crippen LogP contribution in [0.5, 0.6) is 0 Å². The molecule has 7 nitrogen and oxygen atoms in total. The second kappa shape index (κ2) is 9.52. The summed E-state index contributed by atoms with van der Waals surface area (Å²) in [7, 11) is -3.87. The van der Waals surface area contributed by atoms with Crippen molar-refractivity contribution in [3.8, 4) is 5.69 Å². The summed E-state index contributed by atoms with van der Waals surface area (Å²) < 4.78 is 30.7. The van der Waals surface area contributed by atoms with Gasteiger partial charge in [-0.15, -0.1) is 0 Å². The SMILES string of the molecule is Cc1ccc(NS(=O)(=O)c2cc(C(=O)NCc3ccc(-n4ccnc4)cc3)ccc2C)c(C)c1. The van der Waals surface area contributed by atoms with Crippen molar-refractivity contribution >= 4 is 21.6 Å². The number of rotatable bonds is 7. The highest BCUT2D eigenvalue weighted by Gasteiger charge is 2.20. The number of nitrogens with one attached hydrogen (secondary N) is 2. The third kappa shape index (κ3) is 5.18. The summed E-state index contributed by atoms with van der Waals surface area (Å²) in [4.78, 5) is 16.9. The first-order valence-electron chi connectivity index (χ1n) is 10.8. The van der Waals surface area contributed by atoms with Gasteiger partial charge in [-0.05, 0) is 67.8 Å². The van der Waals surface area contributed by atoms with E-state index in [-0.39, 0.29) is 16.4 Å². The minimum absolute atomic E-state index is 0.0739. The van der Waals surface area contributed by atoms with E-state index in [0.29, 0.717) is 17.8 Å². The lowest BCUT2D eigenvalue weighted by Crippen LogP contribution is -2.23. The van der Waals surface area contributed by atoms with Crippen molar-refractivity contribution in [1.82, 2.24) is 14.9 Å². The summed E-state index contributed by atoms with van der Waals surface area (Å²) >= 11 is 0. The van der Waals surface area contributed by atoms with Crippen LogP contribution in [0.15, 0.2) is 84.3 Å². The highest BCUT2D eigenvalue weighted by atomic mass is 32.2. The molecule has 0 saturated carbocycles. The molecule has 0 aliphatic heterocycles. The van der Waals surface area contributed by atoms with E-state index in [2.05, 4.69) is 15.0 Å². The fourth-order valence-electron chi connectivity index (χ4n) is 3.64. The topological polar surface area (TPSA) is 93.1 Å². The van der Waals surface area contributed by atoms with E-state index in [1.165, 1.54) is 6.07 Å². The molecule has 0 aliphatic carbocycles. The zero-order valence-electron chi connectivity index (χ0n) is 19.2. The molecule has 8 heteroatoms. The van der Waals surface area contributed by atoms with Gasteiger partial charge < -0.3 is 9.88 Å². The molecular formula is C26H26N4O3S. The molecule has 1 aromatic heterocycles. The minimum Gasteiger partial charge on any atom is -0.348 e. The average Bonchev–Trinajstić information content (AvgIpc) is 3.35. The zero-order chi connectivity index (χ0) is 24.3. The maximum atomic E-state index is 13.1. The van der Waals surface area contributed by atoms with Crippen molar-refractivity contribution in [2.24, 2.45) is 0 Å². The maximum Gasteiger partial charge on any atom is 0.262 e. The summed E-state index contributed by atoms with van der Waals surface area (Å²) in [5, 5.41) is 2.86. The Kier molecular flexibility index (Phi) is 6.51. The maximum absolute atomic E-state index is 13.1. The van der Waals surface area contributed by atoms with Gasteiger partial charge in [-0.25, -0.2) is 13.4 Å². The number of nitrogens with zero attached hydrogens (tertiary/aromatic N) is 2. The van der Waals surface area contributed by atoms with Crippen LogP contribution in [0.2, 0.25) is 0 Å². The van der Waals surface area contributed by atoms with Crippen LogP contribution in [-0.4, -0.2) is 23.9 Å². The van der Waals surface area contributed by atoms with Crippen molar-refractivity contribution in [2.45, 2.75) is 32.2 Å². The van der Waals surface area contributed by atoms with Crippen LogP contribution in [0.25, 0.3) is 5.69 Å². The van der Waals surface area contributed by atoms with Crippen LogP contribution in [0, 0.1) is 20.8 Å². The predicted octanol–water partition coefficient (Wildman–Crippen LogP) is 4.53. The Morgan fingerprint density at radius 2 is 1.71 bits per heavy atom. The Balaban J connectivity index is 1.48. The van der Waals surface area contributed by atoms with Gasteiger partial charge in [-0.2, -0.15) is 0 Å². The first-order valence-corrected chi connectivity index (χ1v) is 12.3. The molecule has 1 amide bonds. The van der Waals surface area contributed by atoms with Gasteiger partial charge in [0.05, 0.1) is 16.9 Å². The van der Waals surface area contributed by atoms with E-state index in [1.807, 2.05) is 61.0 Å². The second-order valence-electron chi connectivity index (χ2n) is 8.22. The molecule has 0 aliphatic rings. The minimum atomic E-state index is -3.87. The van der Waals surface area contributed by atoms with E-state index < -0.39 is 10.0 Å². The molecule has 0 spiro atoms. The number of sulfonamides is 1. The first-order chi connectivity index (χ1) is 16.2. The van der Waals surface area contributed by atoms with Crippen molar-refractivity contribution in [2.75, 3.05) is 4.72 Å².